The Labute approximate surface area is 162 Å². The Bertz CT molecular complexity index is 906. The van der Waals surface area contributed by atoms with Crippen LogP contribution in [-0.4, -0.2) is 40.0 Å². The zero-order chi connectivity index (χ0) is 19.4. The standard InChI is InChI=1S/C22H21F2N3O/c23-22(24)15-27(14-17-6-2-1-3-7-17)13-11-21(22)28-20-9-5-4-8-18(20)19-10-12-25-16-26-19/h1-10,12,16,21H,11,13-15H2. The van der Waals surface area contributed by atoms with Crippen molar-refractivity contribution in [3.8, 4) is 17.0 Å². The maximum absolute atomic E-state index is 14.8. The van der Waals surface area contributed by atoms with Gasteiger partial charge in [0.05, 0.1) is 12.2 Å². The molecule has 4 nitrogen and oxygen atoms in total. The number of alkyl halides is 2. The van der Waals surface area contributed by atoms with E-state index in [0.717, 1.165) is 5.56 Å². The van der Waals surface area contributed by atoms with Crippen molar-refractivity contribution < 1.29 is 13.5 Å². The van der Waals surface area contributed by atoms with Crippen LogP contribution < -0.4 is 4.74 Å². The summed E-state index contributed by atoms with van der Waals surface area (Å²) in [7, 11) is 0. The molecule has 4 rings (SSSR count). The third-order valence-electron chi connectivity index (χ3n) is 4.88. The van der Waals surface area contributed by atoms with Gasteiger partial charge >= 0.3 is 0 Å². The highest BCUT2D eigenvalue weighted by atomic mass is 19.3. The van der Waals surface area contributed by atoms with E-state index in [1.807, 2.05) is 42.5 Å². The van der Waals surface area contributed by atoms with Gasteiger partial charge in [0.25, 0.3) is 5.92 Å². The molecule has 1 fully saturated rings. The van der Waals surface area contributed by atoms with Crippen molar-refractivity contribution in [1.82, 2.24) is 14.9 Å². The molecule has 1 saturated heterocycles. The van der Waals surface area contributed by atoms with Gasteiger partial charge in [-0.1, -0.05) is 42.5 Å². The number of ether oxygens (including phenoxy) is 1. The van der Waals surface area contributed by atoms with E-state index in [9.17, 15) is 8.78 Å². The van der Waals surface area contributed by atoms with E-state index in [1.165, 1.54) is 6.33 Å². The van der Waals surface area contributed by atoms with Crippen LogP contribution in [0, 0.1) is 0 Å². The molecule has 0 radical (unpaired) electrons. The summed E-state index contributed by atoms with van der Waals surface area (Å²) in [6.45, 7) is 0.758. The lowest BCUT2D eigenvalue weighted by Gasteiger charge is -2.38. The van der Waals surface area contributed by atoms with Gasteiger partial charge in [0.15, 0.2) is 6.10 Å². The molecule has 1 atom stereocenters. The summed E-state index contributed by atoms with van der Waals surface area (Å²) in [6.07, 6.45) is 2.15. The van der Waals surface area contributed by atoms with Crippen LogP contribution in [-0.2, 0) is 6.54 Å². The summed E-state index contributed by atoms with van der Waals surface area (Å²) in [5.74, 6) is -2.52. The summed E-state index contributed by atoms with van der Waals surface area (Å²) >= 11 is 0. The molecule has 2 heterocycles. The van der Waals surface area contributed by atoms with Crippen molar-refractivity contribution in [3.63, 3.8) is 0 Å². The van der Waals surface area contributed by atoms with Gasteiger partial charge in [-0.3, -0.25) is 4.90 Å². The van der Waals surface area contributed by atoms with Crippen LogP contribution in [0.2, 0.25) is 0 Å². The lowest BCUT2D eigenvalue weighted by atomic mass is 10.0. The minimum absolute atomic E-state index is 0.262. The molecule has 144 valence electrons. The molecule has 6 heteroatoms. The van der Waals surface area contributed by atoms with Crippen LogP contribution >= 0.6 is 0 Å². The Hall–Kier alpha value is -2.86. The van der Waals surface area contributed by atoms with Crippen molar-refractivity contribution >= 4 is 0 Å². The molecular formula is C22H21F2N3O. The Morgan fingerprint density at radius 3 is 2.57 bits per heavy atom. The fourth-order valence-corrected chi connectivity index (χ4v) is 3.50. The van der Waals surface area contributed by atoms with Crippen LogP contribution in [0.15, 0.2) is 73.2 Å². The van der Waals surface area contributed by atoms with E-state index in [-0.39, 0.29) is 13.0 Å². The Morgan fingerprint density at radius 1 is 1.04 bits per heavy atom. The number of benzene rings is 2. The summed E-state index contributed by atoms with van der Waals surface area (Å²) in [5.41, 5.74) is 2.37. The highest BCUT2D eigenvalue weighted by Gasteiger charge is 2.46. The minimum atomic E-state index is -2.94. The smallest absolute Gasteiger partial charge is 0.296 e. The number of halogens is 2. The largest absolute Gasteiger partial charge is 0.483 e. The Kier molecular flexibility index (Phi) is 5.30. The molecule has 1 aromatic heterocycles. The molecule has 1 unspecified atom stereocenters. The average molecular weight is 381 g/mol. The topological polar surface area (TPSA) is 38.2 Å². The monoisotopic (exact) mass is 381 g/mol. The maximum atomic E-state index is 14.8. The van der Waals surface area contributed by atoms with E-state index in [2.05, 4.69) is 9.97 Å². The lowest BCUT2D eigenvalue weighted by Crippen LogP contribution is -2.53. The SMILES string of the molecule is FC1(F)CN(Cc2ccccc2)CCC1Oc1ccccc1-c1ccncn1. The van der Waals surface area contributed by atoms with E-state index in [0.29, 0.717) is 30.1 Å². The zero-order valence-corrected chi connectivity index (χ0v) is 15.3. The van der Waals surface area contributed by atoms with Crippen LogP contribution in [0.5, 0.6) is 5.75 Å². The van der Waals surface area contributed by atoms with Crippen molar-refractivity contribution in [2.45, 2.75) is 25.0 Å². The number of rotatable bonds is 5. The van der Waals surface area contributed by atoms with Gasteiger partial charge in [0, 0.05) is 31.3 Å². The first-order valence-electron chi connectivity index (χ1n) is 9.28. The predicted octanol–water partition coefficient (Wildman–Crippen LogP) is 4.43. The third-order valence-corrected chi connectivity index (χ3v) is 4.88. The van der Waals surface area contributed by atoms with Crippen molar-refractivity contribution in [2.24, 2.45) is 0 Å². The van der Waals surface area contributed by atoms with Gasteiger partial charge in [-0.05, 0) is 23.8 Å². The highest BCUT2D eigenvalue weighted by molar-refractivity contribution is 5.66. The molecule has 0 aliphatic carbocycles. The average Bonchev–Trinajstić information content (AvgIpc) is 2.71. The lowest BCUT2D eigenvalue weighted by molar-refractivity contribution is -0.140. The minimum Gasteiger partial charge on any atom is -0.483 e. The first kappa shape index (κ1) is 18.5. The number of piperidine rings is 1. The maximum Gasteiger partial charge on any atom is 0.296 e. The summed E-state index contributed by atoms with van der Waals surface area (Å²) in [5, 5.41) is 0. The number of nitrogens with zero attached hydrogens (tertiary/aromatic N) is 3. The van der Waals surface area contributed by atoms with Crippen molar-refractivity contribution in [3.05, 3.63) is 78.8 Å². The van der Waals surface area contributed by atoms with Gasteiger partial charge < -0.3 is 4.74 Å². The van der Waals surface area contributed by atoms with Crippen molar-refractivity contribution in [2.75, 3.05) is 13.1 Å². The predicted molar refractivity (Wildman–Crippen MR) is 103 cm³/mol. The Balaban J connectivity index is 1.48. The van der Waals surface area contributed by atoms with E-state index < -0.39 is 12.0 Å². The first-order chi connectivity index (χ1) is 13.6. The summed E-state index contributed by atoms with van der Waals surface area (Å²) in [6, 6.07) is 18.6. The van der Waals surface area contributed by atoms with Gasteiger partial charge in [-0.2, -0.15) is 0 Å². The number of aromatic nitrogens is 2. The zero-order valence-electron chi connectivity index (χ0n) is 15.3. The van der Waals surface area contributed by atoms with Gasteiger partial charge in [0.1, 0.15) is 12.1 Å². The Morgan fingerprint density at radius 2 is 1.82 bits per heavy atom. The number of hydrogen-bond acceptors (Lipinski definition) is 4. The molecule has 0 spiro atoms. The fraction of sp³-hybridized carbons (Fsp3) is 0.273. The molecule has 3 aromatic rings. The third kappa shape index (κ3) is 4.17. The first-order valence-corrected chi connectivity index (χ1v) is 9.28. The quantitative estimate of drug-likeness (QED) is 0.655. The number of likely N-dealkylation sites (tertiary alicyclic amines) is 1. The second-order valence-electron chi connectivity index (χ2n) is 6.94. The van der Waals surface area contributed by atoms with Gasteiger partial charge in [0.2, 0.25) is 0 Å². The fourth-order valence-electron chi connectivity index (χ4n) is 3.50. The molecule has 1 aliphatic rings. The van der Waals surface area contributed by atoms with Gasteiger partial charge in [-0.15, -0.1) is 0 Å². The molecule has 2 aromatic carbocycles. The number of para-hydroxylation sites is 1. The molecule has 0 N–H and O–H groups in total. The summed E-state index contributed by atoms with van der Waals surface area (Å²) < 4.78 is 35.5. The molecule has 1 aliphatic heterocycles. The second-order valence-corrected chi connectivity index (χ2v) is 6.94. The summed E-state index contributed by atoms with van der Waals surface area (Å²) in [4.78, 5) is 9.90. The normalized spacial score (nSPS) is 19.3. The molecule has 0 saturated carbocycles. The van der Waals surface area contributed by atoms with Crippen LogP contribution in [0.4, 0.5) is 8.78 Å². The highest BCUT2D eigenvalue weighted by Crippen LogP contribution is 2.35. The molecule has 0 amide bonds. The van der Waals surface area contributed by atoms with E-state index in [1.54, 1.807) is 29.3 Å². The molecule has 28 heavy (non-hydrogen) atoms. The molecular weight excluding hydrogens is 360 g/mol. The second kappa shape index (κ2) is 8.02. The van der Waals surface area contributed by atoms with Crippen molar-refractivity contribution in [1.29, 1.82) is 0 Å². The van der Waals surface area contributed by atoms with Crippen LogP contribution in [0.1, 0.15) is 12.0 Å². The van der Waals surface area contributed by atoms with Crippen LogP contribution in [0.25, 0.3) is 11.3 Å². The van der Waals surface area contributed by atoms with E-state index >= 15 is 0 Å². The molecule has 0 bridgehead atoms. The van der Waals surface area contributed by atoms with E-state index in [4.69, 9.17) is 4.74 Å². The van der Waals surface area contributed by atoms with Gasteiger partial charge in [-0.25, -0.2) is 18.7 Å². The van der Waals surface area contributed by atoms with Crippen LogP contribution in [0.3, 0.4) is 0 Å². The number of hydrogen-bond donors (Lipinski definition) is 0.